The molecule has 0 saturated carbocycles. The fourth-order valence-electron chi connectivity index (χ4n) is 2.49. The molecule has 2 nitrogen and oxygen atoms in total. The van der Waals surface area contributed by atoms with Crippen molar-refractivity contribution >= 4 is 11.6 Å². The lowest BCUT2D eigenvalue weighted by Gasteiger charge is -2.29. The van der Waals surface area contributed by atoms with E-state index in [1.54, 1.807) is 7.11 Å². The van der Waals surface area contributed by atoms with Gasteiger partial charge in [0.05, 0.1) is 6.61 Å². The highest BCUT2D eigenvalue weighted by Gasteiger charge is 2.14. The summed E-state index contributed by atoms with van der Waals surface area (Å²) in [6.07, 6.45) is 8.13. The number of ether oxygens (including phenoxy) is 1. The zero-order valence-electron chi connectivity index (χ0n) is 10.9. The predicted molar refractivity (Wildman–Crippen MR) is 75.2 cm³/mol. The molecule has 0 aromatic heterocycles. The molecule has 1 aliphatic heterocycles. The van der Waals surface area contributed by atoms with E-state index in [1.807, 2.05) is 0 Å². The molecule has 0 radical (unpaired) electrons. The number of hydrogen-bond acceptors (Lipinski definition) is 2. The van der Waals surface area contributed by atoms with Crippen LogP contribution < -0.4 is 0 Å². The fourth-order valence-corrected chi connectivity index (χ4v) is 2.49. The maximum absolute atomic E-state index is 5.20. The van der Waals surface area contributed by atoms with Gasteiger partial charge < -0.3 is 4.74 Å². The Labute approximate surface area is 109 Å². The van der Waals surface area contributed by atoms with Gasteiger partial charge in [-0.3, -0.25) is 4.90 Å². The zero-order chi connectivity index (χ0) is 12.4. The first-order chi connectivity index (χ1) is 8.86. The summed E-state index contributed by atoms with van der Waals surface area (Å²) in [5, 5.41) is 0. The summed E-state index contributed by atoms with van der Waals surface area (Å²) in [4.78, 5) is 2.47. The lowest BCUT2D eigenvalue weighted by molar-refractivity contribution is 0.185. The Morgan fingerprint density at radius 3 is 2.89 bits per heavy atom. The van der Waals surface area contributed by atoms with Crippen LogP contribution in [0.5, 0.6) is 0 Å². The van der Waals surface area contributed by atoms with Crippen LogP contribution in [0.2, 0.25) is 0 Å². The van der Waals surface area contributed by atoms with E-state index >= 15 is 0 Å². The first-order valence-corrected chi connectivity index (χ1v) is 6.59. The average Bonchev–Trinajstić information content (AvgIpc) is 2.71. The number of benzene rings is 1. The second-order valence-corrected chi connectivity index (χ2v) is 5.00. The second kappa shape index (κ2) is 5.09. The number of rotatable bonds is 4. The minimum absolute atomic E-state index is 0.687. The van der Waals surface area contributed by atoms with Crippen molar-refractivity contribution in [2.75, 3.05) is 26.7 Å². The van der Waals surface area contributed by atoms with Crippen LogP contribution in [0.25, 0.3) is 11.6 Å². The summed E-state index contributed by atoms with van der Waals surface area (Å²) >= 11 is 0. The van der Waals surface area contributed by atoms with E-state index in [0.29, 0.717) is 6.61 Å². The highest BCUT2D eigenvalue weighted by Crippen LogP contribution is 2.30. The van der Waals surface area contributed by atoms with Crippen molar-refractivity contribution in [3.63, 3.8) is 0 Å². The van der Waals surface area contributed by atoms with Crippen molar-refractivity contribution in [1.82, 2.24) is 4.90 Å². The summed E-state index contributed by atoms with van der Waals surface area (Å²) in [6, 6.07) is 6.58. The van der Waals surface area contributed by atoms with Gasteiger partial charge in [-0.15, -0.1) is 0 Å². The fraction of sp³-hybridized carbons (Fsp3) is 0.375. The molecule has 0 N–H and O–H groups in total. The Morgan fingerprint density at radius 1 is 1.28 bits per heavy atom. The van der Waals surface area contributed by atoms with Crippen LogP contribution in [0.4, 0.5) is 0 Å². The number of hydrogen-bond donors (Lipinski definition) is 0. The lowest BCUT2D eigenvalue weighted by atomic mass is 10.0. The molecule has 1 saturated heterocycles. The highest BCUT2D eigenvalue weighted by atomic mass is 16.5. The molecule has 18 heavy (non-hydrogen) atoms. The topological polar surface area (TPSA) is 12.5 Å². The monoisotopic (exact) mass is 241 g/mol. The standard InChI is InChI=1S/C16H19NO/c1-18-12-13-3-4-14-5-6-15(16(14)11-13)7-10-17-8-2-9-17/h3-7,11H,2,8-10,12H2,1H3/b15-7+. The molecule has 0 unspecified atom stereocenters. The van der Waals surface area contributed by atoms with Crippen LogP contribution >= 0.6 is 0 Å². The van der Waals surface area contributed by atoms with Gasteiger partial charge in [0.1, 0.15) is 0 Å². The van der Waals surface area contributed by atoms with Crippen molar-refractivity contribution in [3.8, 4) is 0 Å². The van der Waals surface area contributed by atoms with E-state index in [1.165, 1.54) is 41.8 Å². The number of allylic oxidation sites excluding steroid dienone is 2. The largest absolute Gasteiger partial charge is 0.380 e. The van der Waals surface area contributed by atoms with Crippen LogP contribution in [0.3, 0.4) is 0 Å². The maximum Gasteiger partial charge on any atom is 0.0713 e. The Bertz CT molecular complexity index is 498. The summed E-state index contributed by atoms with van der Waals surface area (Å²) < 4.78 is 5.20. The van der Waals surface area contributed by atoms with Crippen LogP contribution in [-0.2, 0) is 11.3 Å². The third kappa shape index (κ3) is 2.26. The molecule has 2 aliphatic rings. The Balaban J connectivity index is 1.79. The molecule has 0 amide bonds. The first-order valence-electron chi connectivity index (χ1n) is 6.59. The number of fused-ring (bicyclic) bond motifs is 1. The third-order valence-electron chi connectivity index (χ3n) is 3.70. The molecule has 1 aliphatic carbocycles. The molecule has 0 bridgehead atoms. The van der Waals surface area contributed by atoms with Crippen LogP contribution in [-0.4, -0.2) is 31.6 Å². The smallest absolute Gasteiger partial charge is 0.0713 e. The van der Waals surface area contributed by atoms with Gasteiger partial charge in [0, 0.05) is 13.7 Å². The molecule has 1 aromatic rings. The molecular formula is C16H19NO. The van der Waals surface area contributed by atoms with Crippen molar-refractivity contribution in [1.29, 1.82) is 0 Å². The van der Waals surface area contributed by atoms with Crippen molar-refractivity contribution in [2.45, 2.75) is 13.0 Å². The average molecular weight is 241 g/mol. The Kier molecular flexibility index (Phi) is 3.31. The molecule has 0 spiro atoms. The molecule has 94 valence electrons. The minimum atomic E-state index is 0.687. The van der Waals surface area contributed by atoms with Gasteiger partial charge >= 0.3 is 0 Å². The summed E-state index contributed by atoms with van der Waals surface area (Å²) in [7, 11) is 1.74. The number of nitrogens with zero attached hydrogens (tertiary/aromatic N) is 1. The van der Waals surface area contributed by atoms with E-state index in [2.05, 4.69) is 41.3 Å². The Morgan fingerprint density at radius 2 is 2.17 bits per heavy atom. The minimum Gasteiger partial charge on any atom is -0.380 e. The molecule has 2 heteroatoms. The van der Waals surface area contributed by atoms with E-state index in [-0.39, 0.29) is 0 Å². The van der Waals surface area contributed by atoms with Gasteiger partial charge in [-0.1, -0.05) is 30.4 Å². The van der Waals surface area contributed by atoms with Gasteiger partial charge in [0.2, 0.25) is 0 Å². The Hall–Kier alpha value is -1.38. The summed E-state index contributed by atoms with van der Waals surface area (Å²) in [5.74, 6) is 0. The van der Waals surface area contributed by atoms with Gasteiger partial charge in [-0.2, -0.15) is 0 Å². The SMILES string of the molecule is COCc1ccc2c(c1)/C(=C/CN1CCC1)C=C2. The van der Waals surface area contributed by atoms with Crippen molar-refractivity contribution in [3.05, 3.63) is 47.0 Å². The third-order valence-corrected chi connectivity index (χ3v) is 3.70. The normalized spacial score (nSPS) is 20.2. The van der Waals surface area contributed by atoms with Gasteiger partial charge in [0.15, 0.2) is 0 Å². The first kappa shape index (κ1) is 11.7. The zero-order valence-corrected chi connectivity index (χ0v) is 10.9. The molecule has 1 fully saturated rings. The number of likely N-dealkylation sites (tertiary alicyclic amines) is 1. The van der Waals surface area contributed by atoms with E-state index in [4.69, 9.17) is 4.74 Å². The second-order valence-electron chi connectivity index (χ2n) is 5.00. The molecule has 1 aromatic carbocycles. The highest BCUT2D eigenvalue weighted by molar-refractivity contribution is 5.90. The molecular weight excluding hydrogens is 222 g/mol. The summed E-state index contributed by atoms with van der Waals surface area (Å²) in [6.45, 7) is 4.27. The van der Waals surface area contributed by atoms with Crippen LogP contribution in [0.1, 0.15) is 23.1 Å². The number of methoxy groups -OCH3 is 1. The van der Waals surface area contributed by atoms with Crippen LogP contribution in [0.15, 0.2) is 30.4 Å². The van der Waals surface area contributed by atoms with E-state index in [0.717, 1.165) is 6.54 Å². The van der Waals surface area contributed by atoms with Crippen molar-refractivity contribution < 1.29 is 4.74 Å². The van der Waals surface area contributed by atoms with E-state index in [9.17, 15) is 0 Å². The van der Waals surface area contributed by atoms with Gasteiger partial charge in [-0.25, -0.2) is 0 Å². The molecule has 3 rings (SSSR count). The van der Waals surface area contributed by atoms with Gasteiger partial charge in [-0.05, 0) is 47.8 Å². The predicted octanol–water partition coefficient (Wildman–Crippen LogP) is 2.95. The quantitative estimate of drug-likeness (QED) is 0.803. The maximum atomic E-state index is 5.20. The molecule has 0 atom stereocenters. The van der Waals surface area contributed by atoms with Crippen molar-refractivity contribution in [2.24, 2.45) is 0 Å². The van der Waals surface area contributed by atoms with E-state index < -0.39 is 0 Å². The molecule has 1 heterocycles. The lowest BCUT2D eigenvalue weighted by Crippen LogP contribution is -2.37. The van der Waals surface area contributed by atoms with Gasteiger partial charge in [0.25, 0.3) is 0 Å². The van der Waals surface area contributed by atoms with Crippen LogP contribution in [0, 0.1) is 0 Å². The summed E-state index contributed by atoms with van der Waals surface area (Å²) in [5.41, 5.74) is 5.28.